The summed E-state index contributed by atoms with van der Waals surface area (Å²) >= 11 is 5.86. The molecule has 0 radical (unpaired) electrons. The fourth-order valence-electron chi connectivity index (χ4n) is 1.54. The van der Waals surface area contributed by atoms with E-state index in [2.05, 4.69) is 10.6 Å². The molecule has 3 nitrogen and oxygen atoms in total. The van der Waals surface area contributed by atoms with Gasteiger partial charge in [-0.1, -0.05) is 11.6 Å². The molecule has 14 heavy (non-hydrogen) atoms. The summed E-state index contributed by atoms with van der Waals surface area (Å²) in [7, 11) is 0. The first-order chi connectivity index (χ1) is 6.65. The first kappa shape index (κ1) is 9.34. The minimum atomic E-state index is 0.0334. The number of carbonyl (C=O) groups excluding carboxylic acids is 1. The topological polar surface area (TPSA) is 41.1 Å². The Balaban J connectivity index is 2.41. The van der Waals surface area contributed by atoms with E-state index in [9.17, 15) is 4.79 Å². The SMILES string of the molecule is CC1CC(=O)Nc2ccc(Cl)cc2N1. The molecule has 1 unspecified atom stereocenters. The molecule has 1 aliphatic heterocycles. The maximum atomic E-state index is 11.4. The highest BCUT2D eigenvalue weighted by Gasteiger charge is 2.16. The lowest BCUT2D eigenvalue weighted by Gasteiger charge is -2.11. The van der Waals surface area contributed by atoms with Gasteiger partial charge in [0, 0.05) is 17.5 Å². The van der Waals surface area contributed by atoms with E-state index >= 15 is 0 Å². The summed E-state index contributed by atoms with van der Waals surface area (Å²) < 4.78 is 0. The molecule has 0 fully saturated rings. The average Bonchev–Trinajstić information content (AvgIpc) is 2.21. The Hall–Kier alpha value is -1.22. The van der Waals surface area contributed by atoms with Gasteiger partial charge in [-0.25, -0.2) is 0 Å². The normalized spacial score (nSPS) is 20.4. The number of nitrogens with one attached hydrogen (secondary N) is 2. The van der Waals surface area contributed by atoms with Crippen LogP contribution in [0.15, 0.2) is 18.2 Å². The van der Waals surface area contributed by atoms with Crippen LogP contribution < -0.4 is 10.6 Å². The number of fused-ring (bicyclic) bond motifs is 1. The summed E-state index contributed by atoms with van der Waals surface area (Å²) in [5.74, 6) is 0.0334. The quantitative estimate of drug-likeness (QED) is 0.691. The number of halogens is 1. The van der Waals surface area contributed by atoms with Gasteiger partial charge in [-0.15, -0.1) is 0 Å². The van der Waals surface area contributed by atoms with Crippen LogP contribution in [0.2, 0.25) is 5.02 Å². The maximum Gasteiger partial charge on any atom is 0.226 e. The van der Waals surface area contributed by atoms with Gasteiger partial charge in [-0.05, 0) is 25.1 Å². The van der Waals surface area contributed by atoms with Crippen molar-refractivity contribution in [3.8, 4) is 0 Å². The van der Waals surface area contributed by atoms with E-state index in [1.54, 1.807) is 12.1 Å². The van der Waals surface area contributed by atoms with Gasteiger partial charge in [0.05, 0.1) is 11.4 Å². The summed E-state index contributed by atoms with van der Waals surface area (Å²) in [6.07, 6.45) is 0.478. The van der Waals surface area contributed by atoms with Crippen LogP contribution >= 0.6 is 11.6 Å². The molecule has 2 rings (SSSR count). The van der Waals surface area contributed by atoms with Gasteiger partial charge in [-0.2, -0.15) is 0 Å². The Bertz CT molecular complexity index is 378. The predicted molar refractivity (Wildman–Crippen MR) is 57.8 cm³/mol. The van der Waals surface area contributed by atoms with E-state index < -0.39 is 0 Å². The van der Waals surface area contributed by atoms with E-state index in [1.165, 1.54) is 0 Å². The van der Waals surface area contributed by atoms with E-state index in [-0.39, 0.29) is 11.9 Å². The summed E-state index contributed by atoms with van der Waals surface area (Å²) in [6, 6.07) is 5.52. The maximum absolute atomic E-state index is 11.4. The summed E-state index contributed by atoms with van der Waals surface area (Å²) in [6.45, 7) is 1.97. The van der Waals surface area contributed by atoms with Crippen LogP contribution in [0.1, 0.15) is 13.3 Å². The molecule has 0 aliphatic carbocycles. The Morgan fingerprint density at radius 3 is 3.00 bits per heavy atom. The molecule has 1 aromatic carbocycles. The van der Waals surface area contributed by atoms with Gasteiger partial charge in [-0.3, -0.25) is 4.79 Å². The molecule has 1 amide bonds. The van der Waals surface area contributed by atoms with Crippen molar-refractivity contribution in [3.63, 3.8) is 0 Å². The minimum absolute atomic E-state index is 0.0334. The van der Waals surface area contributed by atoms with Gasteiger partial charge in [0.1, 0.15) is 0 Å². The molecule has 1 heterocycles. The number of carbonyl (C=O) groups is 1. The fourth-order valence-corrected chi connectivity index (χ4v) is 1.71. The smallest absolute Gasteiger partial charge is 0.226 e. The molecule has 4 heteroatoms. The zero-order chi connectivity index (χ0) is 10.1. The van der Waals surface area contributed by atoms with Crippen molar-refractivity contribution < 1.29 is 4.79 Å². The van der Waals surface area contributed by atoms with E-state index in [0.29, 0.717) is 11.4 Å². The molecule has 0 saturated carbocycles. The molecule has 1 aliphatic rings. The molecule has 0 bridgehead atoms. The zero-order valence-electron chi connectivity index (χ0n) is 7.80. The lowest BCUT2D eigenvalue weighted by Crippen LogP contribution is -2.18. The summed E-state index contributed by atoms with van der Waals surface area (Å²) in [5, 5.41) is 6.71. The zero-order valence-corrected chi connectivity index (χ0v) is 8.56. The van der Waals surface area contributed by atoms with Crippen LogP contribution in [0, 0.1) is 0 Å². The standard InChI is InChI=1S/C10H11ClN2O/c1-6-4-10(14)13-8-3-2-7(11)5-9(8)12-6/h2-3,5-6,12H,4H2,1H3,(H,13,14). The fraction of sp³-hybridized carbons (Fsp3) is 0.300. The van der Waals surface area contributed by atoms with E-state index in [0.717, 1.165) is 11.4 Å². The first-order valence-corrected chi connectivity index (χ1v) is 4.89. The molecular formula is C10H11ClN2O. The lowest BCUT2D eigenvalue weighted by molar-refractivity contribution is -0.116. The van der Waals surface area contributed by atoms with E-state index in [1.807, 2.05) is 13.0 Å². The van der Waals surface area contributed by atoms with Gasteiger partial charge in [0.2, 0.25) is 5.91 Å². The highest BCUT2D eigenvalue weighted by molar-refractivity contribution is 6.31. The van der Waals surface area contributed by atoms with Crippen molar-refractivity contribution in [2.24, 2.45) is 0 Å². The Kier molecular flexibility index (Phi) is 2.33. The molecule has 74 valence electrons. The lowest BCUT2D eigenvalue weighted by atomic mass is 10.2. The molecule has 1 atom stereocenters. The molecule has 2 N–H and O–H groups in total. The Morgan fingerprint density at radius 2 is 2.21 bits per heavy atom. The van der Waals surface area contributed by atoms with Gasteiger partial charge < -0.3 is 10.6 Å². The second kappa shape index (κ2) is 3.50. The van der Waals surface area contributed by atoms with Crippen LogP contribution in [0.5, 0.6) is 0 Å². The van der Waals surface area contributed by atoms with E-state index in [4.69, 9.17) is 11.6 Å². The van der Waals surface area contributed by atoms with Gasteiger partial charge in [0.15, 0.2) is 0 Å². The predicted octanol–water partition coefficient (Wildman–Crippen LogP) is 2.48. The Morgan fingerprint density at radius 1 is 1.43 bits per heavy atom. The van der Waals surface area contributed by atoms with Crippen molar-refractivity contribution in [3.05, 3.63) is 23.2 Å². The van der Waals surface area contributed by atoms with Crippen LogP contribution in [-0.4, -0.2) is 11.9 Å². The number of amides is 1. The number of hydrogen-bond donors (Lipinski definition) is 2. The second-order valence-electron chi connectivity index (χ2n) is 3.49. The third-order valence-electron chi connectivity index (χ3n) is 2.15. The number of anilines is 2. The molecular weight excluding hydrogens is 200 g/mol. The van der Waals surface area contributed by atoms with Gasteiger partial charge in [0.25, 0.3) is 0 Å². The van der Waals surface area contributed by atoms with Crippen molar-refractivity contribution in [1.82, 2.24) is 0 Å². The monoisotopic (exact) mass is 210 g/mol. The molecule has 1 aromatic rings. The summed E-state index contributed by atoms with van der Waals surface area (Å²) in [4.78, 5) is 11.4. The Labute approximate surface area is 87.4 Å². The third-order valence-corrected chi connectivity index (χ3v) is 2.38. The van der Waals surface area contributed by atoms with Crippen molar-refractivity contribution in [2.45, 2.75) is 19.4 Å². The second-order valence-corrected chi connectivity index (χ2v) is 3.92. The molecule has 0 saturated heterocycles. The number of benzene rings is 1. The van der Waals surface area contributed by atoms with Gasteiger partial charge >= 0.3 is 0 Å². The van der Waals surface area contributed by atoms with Crippen molar-refractivity contribution >= 4 is 28.9 Å². The van der Waals surface area contributed by atoms with Crippen LogP contribution in [0.3, 0.4) is 0 Å². The van der Waals surface area contributed by atoms with Crippen LogP contribution in [0.25, 0.3) is 0 Å². The minimum Gasteiger partial charge on any atom is -0.380 e. The number of hydrogen-bond acceptors (Lipinski definition) is 2. The first-order valence-electron chi connectivity index (χ1n) is 4.51. The van der Waals surface area contributed by atoms with Crippen LogP contribution in [-0.2, 0) is 4.79 Å². The van der Waals surface area contributed by atoms with Crippen molar-refractivity contribution in [1.29, 1.82) is 0 Å². The largest absolute Gasteiger partial charge is 0.380 e. The molecule has 0 spiro atoms. The molecule has 0 aromatic heterocycles. The highest BCUT2D eigenvalue weighted by atomic mass is 35.5. The third kappa shape index (κ3) is 1.82. The average molecular weight is 211 g/mol. The highest BCUT2D eigenvalue weighted by Crippen LogP contribution is 2.28. The summed E-state index contributed by atoms with van der Waals surface area (Å²) in [5.41, 5.74) is 1.68. The number of rotatable bonds is 0. The van der Waals surface area contributed by atoms with Crippen molar-refractivity contribution in [2.75, 3.05) is 10.6 Å². The van der Waals surface area contributed by atoms with Crippen LogP contribution in [0.4, 0.5) is 11.4 Å².